The van der Waals surface area contributed by atoms with E-state index < -0.39 is 0 Å². The van der Waals surface area contributed by atoms with Crippen LogP contribution in [0.1, 0.15) is 34.6 Å². The molecule has 0 amide bonds. The molecule has 2 heteroatoms. The molecule has 0 unspecified atom stereocenters. The number of piperazine rings is 1. The van der Waals surface area contributed by atoms with Gasteiger partial charge in [0, 0.05) is 31.7 Å². The Labute approximate surface area is 89.3 Å². The van der Waals surface area contributed by atoms with Crippen LogP contribution in [0.15, 0.2) is 0 Å². The van der Waals surface area contributed by atoms with Crippen LogP contribution in [0.4, 0.5) is 0 Å². The summed E-state index contributed by atoms with van der Waals surface area (Å²) in [6.07, 6.45) is 0. The van der Waals surface area contributed by atoms with Crippen molar-refractivity contribution in [1.29, 1.82) is 0 Å². The number of rotatable bonds is 1. The molecule has 1 aliphatic heterocycles. The van der Waals surface area contributed by atoms with E-state index in [9.17, 15) is 0 Å². The summed E-state index contributed by atoms with van der Waals surface area (Å²) in [6, 6.07) is 1.39. The molecule has 0 aliphatic carbocycles. The Morgan fingerprint density at radius 1 is 1.07 bits per heavy atom. The number of hydrogen-bond donors (Lipinski definition) is 0. The molecule has 0 N–H and O–H groups in total. The van der Waals surface area contributed by atoms with Crippen molar-refractivity contribution in [2.75, 3.05) is 26.7 Å². The van der Waals surface area contributed by atoms with Gasteiger partial charge >= 0.3 is 0 Å². The average molecular weight is 198 g/mol. The van der Waals surface area contributed by atoms with Crippen molar-refractivity contribution >= 4 is 0 Å². The zero-order chi connectivity index (χ0) is 10.9. The molecule has 0 aromatic heterocycles. The SMILES string of the molecule is C[C@@H]1CN(C)C[C@H](C)N1CC(C)(C)C. The minimum atomic E-state index is 0.415. The third kappa shape index (κ3) is 3.25. The smallest absolute Gasteiger partial charge is 0.0198 e. The Morgan fingerprint density at radius 3 is 1.86 bits per heavy atom. The van der Waals surface area contributed by atoms with Gasteiger partial charge in [-0.1, -0.05) is 20.8 Å². The van der Waals surface area contributed by atoms with Crippen molar-refractivity contribution in [3.8, 4) is 0 Å². The summed E-state index contributed by atoms with van der Waals surface area (Å²) in [6.45, 7) is 15.3. The van der Waals surface area contributed by atoms with Gasteiger partial charge in [-0.2, -0.15) is 0 Å². The van der Waals surface area contributed by atoms with Crippen LogP contribution in [0, 0.1) is 5.41 Å². The Balaban J connectivity index is 2.58. The molecule has 0 aromatic carbocycles. The van der Waals surface area contributed by atoms with Gasteiger partial charge in [-0.25, -0.2) is 0 Å². The molecule has 1 rings (SSSR count). The molecule has 0 spiro atoms. The molecule has 2 atom stereocenters. The van der Waals surface area contributed by atoms with Gasteiger partial charge in [0.2, 0.25) is 0 Å². The quantitative estimate of drug-likeness (QED) is 0.636. The van der Waals surface area contributed by atoms with Crippen molar-refractivity contribution in [2.45, 2.75) is 46.7 Å². The molecule has 0 radical (unpaired) electrons. The minimum absolute atomic E-state index is 0.415. The lowest BCUT2D eigenvalue weighted by Crippen LogP contribution is -2.57. The van der Waals surface area contributed by atoms with E-state index in [1.807, 2.05) is 0 Å². The fraction of sp³-hybridized carbons (Fsp3) is 1.00. The highest BCUT2D eigenvalue weighted by Gasteiger charge is 2.30. The van der Waals surface area contributed by atoms with E-state index in [2.05, 4.69) is 51.5 Å². The van der Waals surface area contributed by atoms with Crippen LogP contribution < -0.4 is 0 Å². The summed E-state index contributed by atoms with van der Waals surface area (Å²) in [7, 11) is 2.22. The van der Waals surface area contributed by atoms with Crippen molar-refractivity contribution in [1.82, 2.24) is 9.80 Å². The molecule has 1 heterocycles. The molecule has 1 fully saturated rings. The first kappa shape index (κ1) is 12.0. The molecule has 1 saturated heterocycles. The Kier molecular flexibility index (Phi) is 3.59. The first-order valence-electron chi connectivity index (χ1n) is 5.74. The molecular formula is C12H26N2. The zero-order valence-electron chi connectivity index (χ0n) is 10.7. The fourth-order valence-electron chi connectivity index (χ4n) is 2.48. The van der Waals surface area contributed by atoms with Gasteiger partial charge < -0.3 is 4.90 Å². The van der Waals surface area contributed by atoms with E-state index in [0.717, 1.165) is 0 Å². The van der Waals surface area contributed by atoms with Crippen molar-refractivity contribution < 1.29 is 0 Å². The Bertz CT molecular complexity index is 171. The highest BCUT2D eigenvalue weighted by molar-refractivity contribution is 4.85. The lowest BCUT2D eigenvalue weighted by molar-refractivity contribution is 0.0273. The van der Waals surface area contributed by atoms with Gasteiger partial charge in [-0.05, 0) is 26.3 Å². The molecule has 0 saturated carbocycles. The molecular weight excluding hydrogens is 172 g/mol. The molecule has 0 aromatic rings. The third-order valence-electron chi connectivity index (χ3n) is 2.94. The van der Waals surface area contributed by atoms with E-state index >= 15 is 0 Å². The van der Waals surface area contributed by atoms with E-state index in [1.54, 1.807) is 0 Å². The normalized spacial score (nSPS) is 32.1. The van der Waals surface area contributed by atoms with Gasteiger partial charge in [-0.3, -0.25) is 4.90 Å². The summed E-state index contributed by atoms with van der Waals surface area (Å²) in [4.78, 5) is 5.09. The molecule has 84 valence electrons. The summed E-state index contributed by atoms with van der Waals surface area (Å²) in [5.41, 5.74) is 0.415. The predicted molar refractivity (Wildman–Crippen MR) is 62.6 cm³/mol. The topological polar surface area (TPSA) is 6.48 Å². The highest BCUT2D eigenvalue weighted by Crippen LogP contribution is 2.22. The minimum Gasteiger partial charge on any atom is -0.303 e. The van der Waals surface area contributed by atoms with Crippen LogP contribution >= 0.6 is 0 Å². The van der Waals surface area contributed by atoms with Gasteiger partial charge in [0.25, 0.3) is 0 Å². The van der Waals surface area contributed by atoms with Crippen LogP contribution in [0.3, 0.4) is 0 Å². The van der Waals surface area contributed by atoms with E-state index in [-0.39, 0.29) is 0 Å². The summed E-state index contributed by atoms with van der Waals surface area (Å²) < 4.78 is 0. The molecule has 0 bridgehead atoms. The molecule has 1 aliphatic rings. The maximum Gasteiger partial charge on any atom is 0.0198 e. The van der Waals surface area contributed by atoms with Crippen molar-refractivity contribution in [3.05, 3.63) is 0 Å². The van der Waals surface area contributed by atoms with E-state index in [4.69, 9.17) is 0 Å². The lowest BCUT2D eigenvalue weighted by atomic mass is 9.93. The third-order valence-corrected chi connectivity index (χ3v) is 2.94. The maximum atomic E-state index is 2.65. The number of nitrogens with zero attached hydrogens (tertiary/aromatic N) is 2. The first-order valence-corrected chi connectivity index (χ1v) is 5.74. The summed E-state index contributed by atoms with van der Waals surface area (Å²) >= 11 is 0. The van der Waals surface area contributed by atoms with Crippen LogP contribution in [-0.2, 0) is 0 Å². The lowest BCUT2D eigenvalue weighted by Gasteiger charge is -2.45. The van der Waals surface area contributed by atoms with E-state index in [0.29, 0.717) is 17.5 Å². The summed E-state index contributed by atoms with van der Waals surface area (Å²) in [5, 5.41) is 0. The van der Waals surface area contributed by atoms with Crippen LogP contribution in [0.2, 0.25) is 0 Å². The highest BCUT2D eigenvalue weighted by atomic mass is 15.3. The second-order valence-corrected chi connectivity index (χ2v) is 6.15. The van der Waals surface area contributed by atoms with Crippen LogP contribution in [0.5, 0.6) is 0 Å². The number of hydrogen-bond acceptors (Lipinski definition) is 2. The average Bonchev–Trinajstić information content (AvgIpc) is 1.95. The fourth-order valence-corrected chi connectivity index (χ4v) is 2.48. The molecule has 2 nitrogen and oxygen atoms in total. The summed E-state index contributed by atoms with van der Waals surface area (Å²) in [5.74, 6) is 0. The van der Waals surface area contributed by atoms with Crippen molar-refractivity contribution in [2.24, 2.45) is 5.41 Å². The monoisotopic (exact) mass is 198 g/mol. The van der Waals surface area contributed by atoms with Gasteiger partial charge in [0.15, 0.2) is 0 Å². The Hall–Kier alpha value is -0.0800. The first-order chi connectivity index (χ1) is 6.29. The predicted octanol–water partition coefficient (Wildman–Crippen LogP) is 2.06. The largest absolute Gasteiger partial charge is 0.303 e. The number of likely N-dealkylation sites (N-methyl/N-ethyl adjacent to an activating group) is 1. The second-order valence-electron chi connectivity index (χ2n) is 6.15. The van der Waals surface area contributed by atoms with Crippen LogP contribution in [-0.4, -0.2) is 48.6 Å². The van der Waals surface area contributed by atoms with E-state index in [1.165, 1.54) is 19.6 Å². The second kappa shape index (κ2) is 4.19. The Morgan fingerprint density at radius 2 is 1.50 bits per heavy atom. The molecule has 14 heavy (non-hydrogen) atoms. The van der Waals surface area contributed by atoms with Crippen LogP contribution in [0.25, 0.3) is 0 Å². The van der Waals surface area contributed by atoms with Gasteiger partial charge in [0.05, 0.1) is 0 Å². The zero-order valence-corrected chi connectivity index (χ0v) is 10.7. The van der Waals surface area contributed by atoms with Gasteiger partial charge in [-0.15, -0.1) is 0 Å². The van der Waals surface area contributed by atoms with Crippen molar-refractivity contribution in [3.63, 3.8) is 0 Å². The maximum absolute atomic E-state index is 2.65. The van der Waals surface area contributed by atoms with Gasteiger partial charge in [0.1, 0.15) is 0 Å². The standard InChI is InChI=1S/C12H26N2/c1-10-7-13(6)8-11(2)14(10)9-12(3,4)5/h10-11H,7-9H2,1-6H3/t10-,11+.